The largest absolute Gasteiger partial charge is 0.493 e. The van der Waals surface area contributed by atoms with Crippen LogP contribution in [0.15, 0.2) is 94.1 Å². The van der Waals surface area contributed by atoms with Crippen molar-refractivity contribution in [3.05, 3.63) is 106 Å². The van der Waals surface area contributed by atoms with Crippen molar-refractivity contribution in [2.24, 2.45) is 0 Å². The average Bonchev–Trinajstić information content (AvgIpc) is 2.84. The Kier molecular flexibility index (Phi) is 5.45. The van der Waals surface area contributed by atoms with Crippen LogP contribution in [-0.2, 0) is 0 Å². The summed E-state index contributed by atoms with van der Waals surface area (Å²) in [6.07, 6.45) is 0. The number of para-hydroxylation sites is 1. The highest BCUT2D eigenvalue weighted by Crippen LogP contribution is 2.32. The number of benzene rings is 3. The molecule has 2 aromatic heterocycles. The number of hydrogen-bond acceptors (Lipinski definition) is 4. The van der Waals surface area contributed by atoms with Gasteiger partial charge in [-0.3, -0.25) is 0 Å². The summed E-state index contributed by atoms with van der Waals surface area (Å²) in [5.74, 6) is 0.513. The van der Waals surface area contributed by atoms with E-state index in [1.807, 2.05) is 48.5 Å². The standard InChI is InChI=1S/C28H20ClNO3/c1-17-6-8-18(9-7-17)21-15-24(19-10-12-22(29)13-11-19)30-25(16-21)23-14-20-4-3-5-26(32-2)27(20)33-28(23)31/h3-16H,1-2H3. The minimum absolute atomic E-state index is 0.389. The number of methoxy groups -OCH3 is 1. The number of fused-ring (bicyclic) bond motifs is 1. The molecule has 0 fully saturated rings. The molecule has 5 aromatic rings. The van der Waals surface area contributed by atoms with E-state index >= 15 is 0 Å². The van der Waals surface area contributed by atoms with Crippen LogP contribution in [0, 0.1) is 6.92 Å². The zero-order chi connectivity index (χ0) is 22.9. The van der Waals surface area contributed by atoms with Crippen LogP contribution >= 0.6 is 11.6 Å². The zero-order valence-electron chi connectivity index (χ0n) is 18.1. The molecule has 0 aliphatic rings. The highest BCUT2D eigenvalue weighted by molar-refractivity contribution is 6.30. The first kappa shape index (κ1) is 21.0. The summed E-state index contributed by atoms with van der Waals surface area (Å²) in [6.45, 7) is 2.05. The van der Waals surface area contributed by atoms with Crippen LogP contribution in [0.2, 0.25) is 5.02 Å². The summed E-state index contributed by atoms with van der Waals surface area (Å²) < 4.78 is 11.0. The van der Waals surface area contributed by atoms with Crippen LogP contribution in [0.3, 0.4) is 0 Å². The molecule has 5 heteroatoms. The summed E-state index contributed by atoms with van der Waals surface area (Å²) in [7, 11) is 1.55. The van der Waals surface area contributed by atoms with Gasteiger partial charge in [-0.25, -0.2) is 9.78 Å². The highest BCUT2D eigenvalue weighted by Gasteiger charge is 2.15. The number of halogens is 1. The Balaban J connectivity index is 1.74. The summed E-state index contributed by atoms with van der Waals surface area (Å²) in [5.41, 5.74) is 5.68. The molecular weight excluding hydrogens is 434 g/mol. The van der Waals surface area contributed by atoms with Crippen molar-refractivity contribution in [2.75, 3.05) is 7.11 Å². The summed E-state index contributed by atoms with van der Waals surface area (Å²) >= 11 is 6.08. The van der Waals surface area contributed by atoms with E-state index in [4.69, 9.17) is 25.7 Å². The predicted molar refractivity (Wildman–Crippen MR) is 133 cm³/mol. The molecule has 4 nitrogen and oxygen atoms in total. The van der Waals surface area contributed by atoms with Gasteiger partial charge in [0.05, 0.1) is 24.1 Å². The third kappa shape index (κ3) is 4.13. The minimum atomic E-state index is -0.470. The van der Waals surface area contributed by atoms with E-state index < -0.39 is 5.63 Å². The Hall–Kier alpha value is -3.89. The highest BCUT2D eigenvalue weighted by atomic mass is 35.5. The van der Waals surface area contributed by atoms with Crippen molar-refractivity contribution in [1.29, 1.82) is 0 Å². The molecule has 162 valence electrons. The molecule has 0 unspecified atom stereocenters. The molecular formula is C28H20ClNO3. The van der Waals surface area contributed by atoms with Crippen molar-refractivity contribution >= 4 is 22.6 Å². The first-order chi connectivity index (χ1) is 16.0. The molecule has 33 heavy (non-hydrogen) atoms. The normalized spacial score (nSPS) is 11.0. The lowest BCUT2D eigenvalue weighted by Crippen LogP contribution is -2.05. The molecule has 0 atom stereocenters. The molecule has 0 aliphatic heterocycles. The maximum absolute atomic E-state index is 13.0. The van der Waals surface area contributed by atoms with Gasteiger partial charge in [0.25, 0.3) is 0 Å². The zero-order valence-corrected chi connectivity index (χ0v) is 18.9. The van der Waals surface area contributed by atoms with Crippen molar-refractivity contribution in [1.82, 2.24) is 4.98 Å². The Morgan fingerprint density at radius 3 is 2.24 bits per heavy atom. The molecule has 0 aliphatic carbocycles. The van der Waals surface area contributed by atoms with Gasteiger partial charge >= 0.3 is 5.63 Å². The van der Waals surface area contributed by atoms with Crippen molar-refractivity contribution in [3.63, 3.8) is 0 Å². The van der Waals surface area contributed by atoms with Crippen molar-refractivity contribution < 1.29 is 9.15 Å². The van der Waals surface area contributed by atoms with Crippen LogP contribution in [0.4, 0.5) is 0 Å². The molecule has 3 aromatic carbocycles. The van der Waals surface area contributed by atoms with Gasteiger partial charge in [0.1, 0.15) is 0 Å². The first-order valence-electron chi connectivity index (χ1n) is 10.5. The summed E-state index contributed by atoms with van der Waals surface area (Å²) in [4.78, 5) is 17.8. The number of aromatic nitrogens is 1. The predicted octanol–water partition coefficient (Wildman–Crippen LogP) is 7.16. The summed E-state index contributed by atoms with van der Waals surface area (Å²) in [5, 5.41) is 1.41. The topological polar surface area (TPSA) is 52.3 Å². The van der Waals surface area contributed by atoms with Crippen molar-refractivity contribution in [3.8, 4) is 39.4 Å². The quantitative estimate of drug-likeness (QED) is 0.271. The van der Waals surface area contributed by atoms with Gasteiger partial charge in [-0.05, 0) is 54.4 Å². The number of ether oxygens (including phenoxy) is 1. The van der Waals surface area contributed by atoms with E-state index in [-0.39, 0.29) is 0 Å². The molecule has 0 saturated heterocycles. The Bertz CT molecular complexity index is 1460. The lowest BCUT2D eigenvalue weighted by Gasteiger charge is -2.11. The maximum atomic E-state index is 13.0. The second-order valence-corrected chi connectivity index (χ2v) is 8.26. The van der Waals surface area contributed by atoms with Gasteiger partial charge in [-0.1, -0.05) is 65.7 Å². The SMILES string of the molecule is COc1cccc2cc(-c3cc(-c4ccc(C)cc4)cc(-c4ccc(Cl)cc4)n3)c(=O)oc12. The third-order valence-electron chi connectivity index (χ3n) is 5.57. The molecule has 0 amide bonds. The van der Waals surface area contributed by atoms with Crippen LogP contribution in [0.1, 0.15) is 5.56 Å². The van der Waals surface area contributed by atoms with Gasteiger partial charge in [-0.15, -0.1) is 0 Å². The van der Waals surface area contributed by atoms with Crippen LogP contribution in [-0.4, -0.2) is 12.1 Å². The van der Waals surface area contributed by atoms with Crippen LogP contribution in [0.5, 0.6) is 5.75 Å². The molecule has 0 spiro atoms. The van der Waals surface area contributed by atoms with E-state index in [1.165, 1.54) is 5.56 Å². The number of pyridine rings is 1. The number of nitrogens with zero attached hydrogens (tertiary/aromatic N) is 1. The van der Waals surface area contributed by atoms with Gasteiger partial charge in [0.15, 0.2) is 11.3 Å². The Morgan fingerprint density at radius 1 is 0.818 bits per heavy atom. The maximum Gasteiger partial charge on any atom is 0.345 e. The van der Waals surface area contributed by atoms with Gasteiger partial charge < -0.3 is 9.15 Å². The summed E-state index contributed by atoms with van der Waals surface area (Å²) in [6, 6.07) is 27.0. The average molecular weight is 454 g/mol. The minimum Gasteiger partial charge on any atom is -0.493 e. The van der Waals surface area contributed by atoms with Crippen LogP contribution in [0.25, 0.3) is 44.6 Å². The molecule has 5 rings (SSSR count). The molecule has 2 heterocycles. The second kappa shape index (κ2) is 8.57. The smallest absolute Gasteiger partial charge is 0.345 e. The van der Waals surface area contributed by atoms with E-state index in [2.05, 4.69) is 31.2 Å². The third-order valence-corrected chi connectivity index (χ3v) is 5.82. The lowest BCUT2D eigenvalue weighted by molar-refractivity contribution is 0.407. The second-order valence-electron chi connectivity index (χ2n) is 7.83. The van der Waals surface area contributed by atoms with Crippen molar-refractivity contribution in [2.45, 2.75) is 6.92 Å². The monoisotopic (exact) mass is 453 g/mol. The molecule has 0 N–H and O–H groups in total. The number of hydrogen-bond donors (Lipinski definition) is 0. The lowest BCUT2D eigenvalue weighted by atomic mass is 9.99. The van der Waals surface area contributed by atoms with E-state index in [0.29, 0.717) is 27.6 Å². The fraction of sp³-hybridized carbons (Fsp3) is 0.0714. The van der Waals surface area contributed by atoms with E-state index in [9.17, 15) is 4.79 Å². The Morgan fingerprint density at radius 2 is 1.52 bits per heavy atom. The number of aryl methyl sites for hydroxylation is 1. The van der Waals surface area contributed by atoms with E-state index in [1.54, 1.807) is 19.2 Å². The van der Waals surface area contributed by atoms with Gasteiger partial charge in [-0.2, -0.15) is 0 Å². The van der Waals surface area contributed by atoms with Crippen LogP contribution < -0.4 is 10.4 Å². The van der Waals surface area contributed by atoms with Gasteiger partial charge in [0, 0.05) is 16.0 Å². The first-order valence-corrected chi connectivity index (χ1v) is 10.9. The fourth-order valence-corrected chi connectivity index (χ4v) is 3.93. The number of rotatable bonds is 4. The molecule has 0 radical (unpaired) electrons. The molecule has 0 bridgehead atoms. The molecule has 0 saturated carbocycles. The van der Waals surface area contributed by atoms with E-state index in [0.717, 1.165) is 27.8 Å². The Labute approximate surface area is 196 Å². The van der Waals surface area contributed by atoms with Gasteiger partial charge in [0.2, 0.25) is 0 Å². The fourth-order valence-electron chi connectivity index (χ4n) is 3.81.